The van der Waals surface area contributed by atoms with E-state index in [1.165, 1.54) is 21.9 Å². The Hall–Kier alpha value is -1.82. The Kier molecular flexibility index (Phi) is 1.40. The first-order valence-corrected chi connectivity index (χ1v) is 4.75. The number of fused-ring (bicyclic) bond motifs is 2. The van der Waals surface area contributed by atoms with E-state index in [0.29, 0.717) is 0 Å². The second-order valence-electron chi connectivity index (χ2n) is 3.65. The van der Waals surface area contributed by atoms with Gasteiger partial charge in [0.15, 0.2) is 0 Å². The van der Waals surface area contributed by atoms with Gasteiger partial charge in [-0.25, -0.2) is 0 Å². The van der Waals surface area contributed by atoms with Crippen molar-refractivity contribution >= 4 is 22.4 Å². The van der Waals surface area contributed by atoms with Crippen LogP contribution in [0.5, 0.6) is 0 Å². The minimum absolute atomic E-state index is 1.12. The Morgan fingerprint density at radius 1 is 0.857 bits per heavy atom. The fourth-order valence-corrected chi connectivity index (χ4v) is 1.95. The fourth-order valence-electron chi connectivity index (χ4n) is 1.95. The summed E-state index contributed by atoms with van der Waals surface area (Å²) in [6.07, 6.45) is 4.20. The Morgan fingerprint density at radius 2 is 1.57 bits per heavy atom. The smallest absolute Gasteiger partial charge is 0.0111 e. The van der Waals surface area contributed by atoms with Gasteiger partial charge in [0.2, 0.25) is 0 Å². The molecule has 0 spiro atoms. The third kappa shape index (κ3) is 0.942. The summed E-state index contributed by atoms with van der Waals surface area (Å²) < 4.78 is 0. The molecule has 0 amide bonds. The predicted molar refractivity (Wildman–Crippen MR) is 62.0 cm³/mol. The SMILES string of the molecule is C=C1C=Cc2cc3ccccc3cc21. The summed E-state index contributed by atoms with van der Waals surface area (Å²) >= 11 is 0. The third-order valence-electron chi connectivity index (χ3n) is 2.73. The highest BCUT2D eigenvalue weighted by atomic mass is 14.1. The highest BCUT2D eigenvalue weighted by Gasteiger charge is 2.08. The maximum atomic E-state index is 4.02. The molecule has 3 rings (SSSR count). The van der Waals surface area contributed by atoms with Gasteiger partial charge >= 0.3 is 0 Å². The molecule has 66 valence electrons. The van der Waals surface area contributed by atoms with E-state index in [2.05, 4.69) is 55.1 Å². The summed E-state index contributed by atoms with van der Waals surface area (Å²) in [5.41, 5.74) is 3.67. The standard InChI is InChI=1S/C14H10/c1-10-6-7-13-8-11-4-2-3-5-12(11)9-14(10)13/h2-9H,1H2. The summed E-state index contributed by atoms with van der Waals surface area (Å²) in [7, 11) is 0. The van der Waals surface area contributed by atoms with Crippen LogP contribution in [0.15, 0.2) is 49.1 Å². The normalized spacial score (nSPS) is 13.6. The lowest BCUT2D eigenvalue weighted by atomic mass is 10.0. The number of hydrogen-bond donors (Lipinski definition) is 0. The van der Waals surface area contributed by atoms with Crippen LogP contribution in [0.1, 0.15) is 11.1 Å². The van der Waals surface area contributed by atoms with Crippen LogP contribution in [0.2, 0.25) is 0 Å². The quantitative estimate of drug-likeness (QED) is 0.574. The zero-order valence-corrected chi connectivity index (χ0v) is 7.83. The van der Waals surface area contributed by atoms with E-state index in [9.17, 15) is 0 Å². The second kappa shape index (κ2) is 2.58. The summed E-state index contributed by atoms with van der Waals surface area (Å²) in [5, 5.41) is 2.58. The fraction of sp³-hybridized carbons (Fsp3) is 0. The first kappa shape index (κ1) is 7.57. The third-order valence-corrected chi connectivity index (χ3v) is 2.73. The van der Waals surface area contributed by atoms with Crippen LogP contribution in [-0.4, -0.2) is 0 Å². The molecule has 0 bridgehead atoms. The molecule has 0 aromatic heterocycles. The average molecular weight is 178 g/mol. The van der Waals surface area contributed by atoms with Gasteiger partial charge in [-0.05, 0) is 39.6 Å². The zero-order valence-electron chi connectivity index (χ0n) is 7.83. The van der Waals surface area contributed by atoms with Crippen molar-refractivity contribution < 1.29 is 0 Å². The van der Waals surface area contributed by atoms with Crippen LogP contribution in [0.25, 0.3) is 22.4 Å². The van der Waals surface area contributed by atoms with Crippen molar-refractivity contribution in [1.29, 1.82) is 0 Å². The first-order valence-electron chi connectivity index (χ1n) is 4.75. The number of rotatable bonds is 0. The number of allylic oxidation sites excluding steroid dienone is 2. The monoisotopic (exact) mass is 178 g/mol. The highest BCUT2D eigenvalue weighted by molar-refractivity contribution is 5.96. The van der Waals surface area contributed by atoms with Gasteiger partial charge < -0.3 is 0 Å². The molecule has 0 atom stereocenters. The van der Waals surface area contributed by atoms with E-state index < -0.39 is 0 Å². The Labute approximate surface area is 83.2 Å². The Balaban J connectivity index is 2.42. The molecule has 0 nitrogen and oxygen atoms in total. The minimum Gasteiger partial charge on any atom is -0.0911 e. The molecule has 14 heavy (non-hydrogen) atoms. The van der Waals surface area contributed by atoms with Crippen LogP contribution in [0, 0.1) is 0 Å². The van der Waals surface area contributed by atoms with Gasteiger partial charge in [-0.3, -0.25) is 0 Å². The van der Waals surface area contributed by atoms with Crippen LogP contribution in [0.4, 0.5) is 0 Å². The lowest BCUT2D eigenvalue weighted by Crippen LogP contribution is -1.81. The maximum absolute atomic E-state index is 4.02. The van der Waals surface area contributed by atoms with Gasteiger partial charge in [0.25, 0.3) is 0 Å². The van der Waals surface area contributed by atoms with Crippen LogP contribution in [-0.2, 0) is 0 Å². The molecule has 2 aromatic rings. The van der Waals surface area contributed by atoms with Gasteiger partial charge in [-0.15, -0.1) is 0 Å². The maximum Gasteiger partial charge on any atom is -0.0111 e. The predicted octanol–water partition coefficient (Wildman–Crippen LogP) is 3.88. The molecule has 0 N–H and O–H groups in total. The molecule has 0 radical (unpaired) electrons. The van der Waals surface area contributed by atoms with Crippen molar-refractivity contribution in [2.75, 3.05) is 0 Å². The number of benzene rings is 2. The van der Waals surface area contributed by atoms with E-state index in [4.69, 9.17) is 0 Å². The summed E-state index contributed by atoms with van der Waals surface area (Å²) in [6, 6.07) is 12.9. The van der Waals surface area contributed by atoms with Gasteiger partial charge in [-0.1, -0.05) is 43.0 Å². The van der Waals surface area contributed by atoms with E-state index in [1.807, 2.05) is 0 Å². The summed E-state index contributed by atoms with van der Waals surface area (Å²) in [4.78, 5) is 0. The van der Waals surface area contributed by atoms with Crippen LogP contribution >= 0.6 is 0 Å². The van der Waals surface area contributed by atoms with Crippen molar-refractivity contribution in [2.24, 2.45) is 0 Å². The molecule has 0 heterocycles. The van der Waals surface area contributed by atoms with Crippen LogP contribution < -0.4 is 0 Å². The van der Waals surface area contributed by atoms with Gasteiger partial charge in [0, 0.05) is 0 Å². The molecule has 0 aliphatic heterocycles. The second-order valence-corrected chi connectivity index (χ2v) is 3.65. The topological polar surface area (TPSA) is 0 Å². The summed E-state index contributed by atoms with van der Waals surface area (Å²) in [6.45, 7) is 4.02. The van der Waals surface area contributed by atoms with Crippen molar-refractivity contribution in [3.63, 3.8) is 0 Å². The first-order chi connectivity index (χ1) is 6.84. The highest BCUT2D eigenvalue weighted by Crippen LogP contribution is 2.31. The Bertz CT molecular complexity index is 559. The molecule has 0 unspecified atom stereocenters. The molecular formula is C14H10. The van der Waals surface area contributed by atoms with Crippen molar-refractivity contribution in [2.45, 2.75) is 0 Å². The van der Waals surface area contributed by atoms with E-state index in [1.54, 1.807) is 0 Å². The largest absolute Gasteiger partial charge is 0.0911 e. The molecule has 0 saturated heterocycles. The molecule has 1 aliphatic rings. The van der Waals surface area contributed by atoms with Gasteiger partial charge in [-0.2, -0.15) is 0 Å². The molecule has 0 saturated carbocycles. The molecular weight excluding hydrogens is 168 g/mol. The van der Waals surface area contributed by atoms with Crippen molar-refractivity contribution in [1.82, 2.24) is 0 Å². The van der Waals surface area contributed by atoms with Crippen LogP contribution in [0.3, 0.4) is 0 Å². The average Bonchev–Trinajstić information content (AvgIpc) is 2.57. The van der Waals surface area contributed by atoms with E-state index >= 15 is 0 Å². The van der Waals surface area contributed by atoms with Gasteiger partial charge in [0.1, 0.15) is 0 Å². The van der Waals surface area contributed by atoms with Crippen molar-refractivity contribution in [3.8, 4) is 0 Å². The zero-order chi connectivity index (χ0) is 9.54. The van der Waals surface area contributed by atoms with Gasteiger partial charge in [0.05, 0.1) is 0 Å². The molecule has 2 aromatic carbocycles. The molecule has 0 heteroatoms. The Morgan fingerprint density at radius 3 is 2.36 bits per heavy atom. The lowest BCUT2D eigenvalue weighted by Gasteiger charge is -2.03. The van der Waals surface area contributed by atoms with E-state index in [-0.39, 0.29) is 0 Å². The number of hydrogen-bond acceptors (Lipinski definition) is 0. The molecule has 0 fully saturated rings. The van der Waals surface area contributed by atoms with Crippen molar-refractivity contribution in [3.05, 3.63) is 60.2 Å². The molecule has 1 aliphatic carbocycles. The minimum atomic E-state index is 1.12. The van der Waals surface area contributed by atoms with E-state index in [0.717, 1.165) is 5.57 Å². The lowest BCUT2D eigenvalue weighted by molar-refractivity contribution is 1.67. The summed E-state index contributed by atoms with van der Waals surface area (Å²) in [5.74, 6) is 0.